The highest BCUT2D eigenvalue weighted by Gasteiger charge is 2.16. The molecule has 20 heavy (non-hydrogen) atoms. The zero-order chi connectivity index (χ0) is 14.5. The molecule has 5 nitrogen and oxygen atoms in total. The zero-order valence-corrected chi connectivity index (χ0v) is 10.9. The number of amides is 1. The summed E-state index contributed by atoms with van der Waals surface area (Å²) in [5, 5.41) is 11.7. The van der Waals surface area contributed by atoms with E-state index in [4.69, 9.17) is 15.7 Å². The van der Waals surface area contributed by atoms with Gasteiger partial charge in [0.2, 0.25) is 0 Å². The number of carbonyl (C=O) groups excluding carboxylic acids is 1. The molecule has 0 aromatic heterocycles. The molecule has 0 saturated heterocycles. The second kappa shape index (κ2) is 5.76. The number of rotatable bonds is 3. The molecule has 2 aromatic rings. The Morgan fingerprint density at radius 1 is 1.25 bits per heavy atom. The fraction of sp³-hybridized carbons (Fsp3) is 0.0667. The second-order valence-electron chi connectivity index (χ2n) is 4.04. The highest BCUT2D eigenvalue weighted by molar-refractivity contribution is 6.10. The van der Waals surface area contributed by atoms with Gasteiger partial charge in [0.1, 0.15) is 17.4 Å². The molecule has 1 amide bonds. The number of ether oxygens (including phenoxy) is 1. The van der Waals surface area contributed by atoms with Crippen LogP contribution in [0.25, 0.3) is 0 Å². The molecule has 3 N–H and O–H groups in total. The Morgan fingerprint density at radius 3 is 2.70 bits per heavy atom. The van der Waals surface area contributed by atoms with E-state index in [9.17, 15) is 4.79 Å². The van der Waals surface area contributed by atoms with Gasteiger partial charge in [-0.25, -0.2) is 0 Å². The van der Waals surface area contributed by atoms with Crippen molar-refractivity contribution in [3.8, 4) is 11.8 Å². The molecule has 2 rings (SSSR count). The molecule has 0 atom stereocenters. The molecule has 0 aliphatic heterocycles. The Kier molecular flexibility index (Phi) is 3.87. The molecule has 0 aliphatic carbocycles. The summed E-state index contributed by atoms with van der Waals surface area (Å²) in [7, 11) is 1.47. The Bertz CT molecular complexity index is 690. The van der Waals surface area contributed by atoms with E-state index in [0.717, 1.165) is 0 Å². The van der Waals surface area contributed by atoms with E-state index in [0.29, 0.717) is 22.7 Å². The van der Waals surface area contributed by atoms with E-state index in [-0.39, 0.29) is 5.56 Å². The van der Waals surface area contributed by atoms with E-state index < -0.39 is 5.91 Å². The van der Waals surface area contributed by atoms with Crippen LogP contribution >= 0.6 is 0 Å². The lowest BCUT2D eigenvalue weighted by atomic mass is 10.1. The minimum Gasteiger partial charge on any atom is -0.496 e. The van der Waals surface area contributed by atoms with Gasteiger partial charge in [-0.05, 0) is 24.3 Å². The number of benzene rings is 2. The highest BCUT2D eigenvalue weighted by Crippen LogP contribution is 2.25. The lowest BCUT2D eigenvalue weighted by Crippen LogP contribution is -2.16. The van der Waals surface area contributed by atoms with E-state index in [1.54, 1.807) is 42.5 Å². The molecule has 0 radical (unpaired) electrons. The van der Waals surface area contributed by atoms with Gasteiger partial charge in [0.25, 0.3) is 5.91 Å². The summed E-state index contributed by atoms with van der Waals surface area (Å²) in [6.45, 7) is 0. The average Bonchev–Trinajstić information content (AvgIpc) is 2.47. The number of hydrogen-bond acceptors (Lipinski definition) is 4. The number of nitriles is 1. The van der Waals surface area contributed by atoms with Gasteiger partial charge in [0, 0.05) is 5.69 Å². The van der Waals surface area contributed by atoms with E-state index in [1.165, 1.54) is 7.11 Å². The Labute approximate surface area is 116 Å². The van der Waals surface area contributed by atoms with Crippen LogP contribution in [0.3, 0.4) is 0 Å². The third-order valence-electron chi connectivity index (χ3n) is 2.80. The Morgan fingerprint density at radius 2 is 2.00 bits per heavy atom. The molecular weight excluding hydrogens is 254 g/mol. The highest BCUT2D eigenvalue weighted by atomic mass is 16.5. The standard InChI is InChI=1S/C15H13N3O2/c1-20-13-8-4-6-11(17)14(13)15(19)18-12-7-3-2-5-10(12)9-16/h2-8H,17H2,1H3,(H,18,19). The first kappa shape index (κ1) is 13.4. The van der Waals surface area contributed by atoms with Crippen molar-refractivity contribution in [1.82, 2.24) is 0 Å². The fourth-order valence-corrected chi connectivity index (χ4v) is 1.84. The molecule has 5 heteroatoms. The molecule has 0 unspecified atom stereocenters. The quantitative estimate of drug-likeness (QED) is 0.836. The number of nitrogens with zero attached hydrogens (tertiary/aromatic N) is 1. The molecule has 0 aliphatic rings. The minimum absolute atomic E-state index is 0.253. The largest absolute Gasteiger partial charge is 0.496 e. The summed E-state index contributed by atoms with van der Waals surface area (Å²) in [5.41, 5.74) is 7.20. The summed E-state index contributed by atoms with van der Waals surface area (Å²) >= 11 is 0. The van der Waals surface area contributed by atoms with Crippen LogP contribution in [0.5, 0.6) is 5.75 Å². The van der Waals surface area contributed by atoms with Crippen molar-refractivity contribution in [3.63, 3.8) is 0 Å². The van der Waals surface area contributed by atoms with Gasteiger partial charge < -0.3 is 15.8 Å². The Balaban J connectivity index is 2.37. The van der Waals surface area contributed by atoms with Crippen molar-refractivity contribution >= 4 is 17.3 Å². The van der Waals surface area contributed by atoms with Gasteiger partial charge in [-0.3, -0.25) is 4.79 Å². The van der Waals surface area contributed by atoms with Crippen molar-refractivity contribution in [2.45, 2.75) is 0 Å². The average molecular weight is 267 g/mol. The first-order chi connectivity index (χ1) is 9.67. The fourth-order valence-electron chi connectivity index (χ4n) is 1.84. The van der Waals surface area contributed by atoms with Gasteiger partial charge in [-0.2, -0.15) is 5.26 Å². The normalized spacial score (nSPS) is 9.60. The predicted octanol–water partition coefficient (Wildman–Crippen LogP) is 2.40. The van der Waals surface area contributed by atoms with Crippen molar-refractivity contribution in [1.29, 1.82) is 5.26 Å². The lowest BCUT2D eigenvalue weighted by molar-refractivity contribution is 0.102. The van der Waals surface area contributed by atoms with Gasteiger partial charge in [0.15, 0.2) is 0 Å². The summed E-state index contributed by atoms with van der Waals surface area (Å²) in [5.74, 6) is -0.0282. The maximum absolute atomic E-state index is 12.3. The van der Waals surface area contributed by atoms with Gasteiger partial charge in [0.05, 0.1) is 18.4 Å². The number of nitrogen functional groups attached to an aromatic ring is 1. The number of para-hydroxylation sites is 1. The number of nitrogens with one attached hydrogen (secondary N) is 1. The molecule has 0 saturated carbocycles. The zero-order valence-electron chi connectivity index (χ0n) is 10.9. The van der Waals surface area contributed by atoms with Gasteiger partial charge in [-0.1, -0.05) is 18.2 Å². The van der Waals surface area contributed by atoms with E-state index in [2.05, 4.69) is 5.32 Å². The van der Waals surface area contributed by atoms with E-state index >= 15 is 0 Å². The van der Waals surface area contributed by atoms with E-state index in [1.807, 2.05) is 6.07 Å². The van der Waals surface area contributed by atoms with Crippen LogP contribution in [-0.4, -0.2) is 13.0 Å². The van der Waals surface area contributed by atoms with Crippen molar-refractivity contribution in [2.24, 2.45) is 0 Å². The molecule has 0 fully saturated rings. The molecule has 0 spiro atoms. The monoisotopic (exact) mass is 267 g/mol. The number of hydrogen-bond donors (Lipinski definition) is 2. The number of nitrogens with two attached hydrogens (primary N) is 1. The number of methoxy groups -OCH3 is 1. The first-order valence-electron chi connectivity index (χ1n) is 5.90. The SMILES string of the molecule is COc1cccc(N)c1C(=O)Nc1ccccc1C#N. The molecule has 2 aromatic carbocycles. The summed E-state index contributed by atoms with van der Waals surface area (Å²) in [4.78, 5) is 12.3. The smallest absolute Gasteiger partial charge is 0.261 e. The topological polar surface area (TPSA) is 88.1 Å². The maximum Gasteiger partial charge on any atom is 0.261 e. The van der Waals surface area contributed by atoms with Gasteiger partial charge >= 0.3 is 0 Å². The second-order valence-corrected chi connectivity index (χ2v) is 4.04. The molecule has 100 valence electrons. The lowest BCUT2D eigenvalue weighted by Gasteiger charge is -2.12. The van der Waals surface area contributed by atoms with Crippen LogP contribution in [0.1, 0.15) is 15.9 Å². The maximum atomic E-state index is 12.3. The van der Waals surface area contributed by atoms with Gasteiger partial charge in [-0.15, -0.1) is 0 Å². The summed E-state index contributed by atoms with van der Waals surface area (Å²) < 4.78 is 5.14. The Hall–Kier alpha value is -3.00. The molecule has 0 heterocycles. The van der Waals surface area contributed by atoms with Crippen LogP contribution in [0.15, 0.2) is 42.5 Å². The third kappa shape index (κ3) is 2.54. The van der Waals surface area contributed by atoms with Crippen molar-refractivity contribution < 1.29 is 9.53 Å². The van der Waals surface area contributed by atoms with Crippen LogP contribution < -0.4 is 15.8 Å². The van der Waals surface area contributed by atoms with Crippen molar-refractivity contribution in [3.05, 3.63) is 53.6 Å². The summed E-state index contributed by atoms with van der Waals surface area (Å²) in [6.07, 6.45) is 0. The summed E-state index contributed by atoms with van der Waals surface area (Å²) in [6, 6.07) is 13.7. The molecule has 0 bridgehead atoms. The number of anilines is 2. The molecular formula is C15H13N3O2. The first-order valence-corrected chi connectivity index (χ1v) is 5.90. The van der Waals surface area contributed by atoms with Crippen molar-refractivity contribution in [2.75, 3.05) is 18.2 Å². The van der Waals surface area contributed by atoms with Crippen LogP contribution in [0.4, 0.5) is 11.4 Å². The van der Waals surface area contributed by atoms with Crippen LogP contribution in [0, 0.1) is 11.3 Å². The predicted molar refractivity (Wildman–Crippen MR) is 76.5 cm³/mol. The van der Waals surface area contributed by atoms with Crippen LogP contribution in [0.2, 0.25) is 0 Å². The number of carbonyl (C=O) groups is 1. The minimum atomic E-state index is -0.414. The van der Waals surface area contributed by atoms with Crippen LogP contribution in [-0.2, 0) is 0 Å². The third-order valence-corrected chi connectivity index (χ3v) is 2.80.